The highest BCUT2D eigenvalue weighted by Crippen LogP contribution is 2.21. The van der Waals surface area contributed by atoms with E-state index in [1.165, 1.54) is 0 Å². The molecule has 0 fully saturated rings. The van der Waals surface area contributed by atoms with E-state index >= 15 is 0 Å². The minimum absolute atomic E-state index is 0.0625. The molecule has 1 aromatic carbocycles. The van der Waals surface area contributed by atoms with Crippen LogP contribution in [0.15, 0.2) is 24.3 Å². The Balaban J connectivity index is 2.92. The molecule has 0 bridgehead atoms. The maximum absolute atomic E-state index is 8.83. The molecule has 0 saturated carbocycles. The molecule has 0 saturated heterocycles. The maximum atomic E-state index is 8.83. The number of nitrogens with two attached hydrogens (primary N) is 1. The van der Waals surface area contributed by atoms with E-state index in [4.69, 9.17) is 16.1 Å². The molecule has 0 aliphatic heterocycles. The molecule has 0 heterocycles. The standard InChI is InChI=1S/C11H14N2O/c1-11(13,6-7-14)10-4-2-9(8-12)3-5-10/h2-5,14H,6-7,13H2,1H3. The second kappa shape index (κ2) is 4.23. The molecule has 0 aliphatic carbocycles. The minimum atomic E-state index is -0.525. The topological polar surface area (TPSA) is 70.0 Å². The van der Waals surface area contributed by atoms with Crippen LogP contribution in [0.1, 0.15) is 24.5 Å². The van der Waals surface area contributed by atoms with Crippen LogP contribution in [0.3, 0.4) is 0 Å². The van der Waals surface area contributed by atoms with E-state index in [9.17, 15) is 0 Å². The second-order valence-electron chi connectivity index (χ2n) is 3.58. The third-order valence-electron chi connectivity index (χ3n) is 2.30. The van der Waals surface area contributed by atoms with Crippen LogP contribution >= 0.6 is 0 Å². The molecule has 0 aliphatic rings. The fourth-order valence-electron chi connectivity index (χ4n) is 1.30. The van der Waals surface area contributed by atoms with Gasteiger partial charge in [-0.3, -0.25) is 0 Å². The molecule has 3 heteroatoms. The third-order valence-corrected chi connectivity index (χ3v) is 2.30. The van der Waals surface area contributed by atoms with Gasteiger partial charge in [0.2, 0.25) is 0 Å². The number of nitriles is 1. The summed E-state index contributed by atoms with van der Waals surface area (Å²) in [5, 5.41) is 17.4. The quantitative estimate of drug-likeness (QED) is 0.750. The molecule has 1 atom stereocenters. The highest BCUT2D eigenvalue weighted by atomic mass is 16.3. The van der Waals surface area contributed by atoms with Crippen LogP contribution < -0.4 is 5.73 Å². The summed E-state index contributed by atoms with van der Waals surface area (Å²) in [6.45, 7) is 1.93. The molecule has 14 heavy (non-hydrogen) atoms. The first-order chi connectivity index (χ1) is 6.60. The molecule has 0 radical (unpaired) electrons. The van der Waals surface area contributed by atoms with Crippen molar-refractivity contribution in [3.05, 3.63) is 35.4 Å². The van der Waals surface area contributed by atoms with Crippen molar-refractivity contribution < 1.29 is 5.11 Å². The zero-order valence-corrected chi connectivity index (χ0v) is 8.20. The maximum Gasteiger partial charge on any atom is 0.0991 e. The summed E-state index contributed by atoms with van der Waals surface area (Å²) in [5.41, 5.74) is 7.03. The van der Waals surface area contributed by atoms with E-state index in [-0.39, 0.29) is 6.61 Å². The number of rotatable bonds is 3. The summed E-state index contributed by atoms with van der Waals surface area (Å²) < 4.78 is 0. The largest absolute Gasteiger partial charge is 0.396 e. The Kier molecular flexibility index (Phi) is 3.23. The second-order valence-corrected chi connectivity index (χ2v) is 3.58. The highest BCUT2D eigenvalue weighted by molar-refractivity contribution is 5.34. The van der Waals surface area contributed by atoms with Crippen molar-refractivity contribution in [1.82, 2.24) is 0 Å². The number of aliphatic hydroxyl groups excluding tert-OH is 1. The van der Waals surface area contributed by atoms with E-state index in [2.05, 4.69) is 0 Å². The Morgan fingerprint density at radius 2 is 2.00 bits per heavy atom. The lowest BCUT2D eigenvalue weighted by Gasteiger charge is -2.24. The molecule has 3 N–H and O–H groups in total. The van der Waals surface area contributed by atoms with Gasteiger partial charge >= 0.3 is 0 Å². The first-order valence-corrected chi connectivity index (χ1v) is 4.50. The molecule has 0 spiro atoms. The fraction of sp³-hybridized carbons (Fsp3) is 0.364. The third kappa shape index (κ3) is 2.32. The van der Waals surface area contributed by atoms with Crippen molar-refractivity contribution in [1.29, 1.82) is 5.26 Å². The molecule has 1 unspecified atom stereocenters. The smallest absolute Gasteiger partial charge is 0.0991 e. The first kappa shape index (κ1) is 10.7. The number of aliphatic hydroxyl groups is 1. The number of hydrogen-bond acceptors (Lipinski definition) is 3. The Bertz CT molecular complexity index is 335. The van der Waals surface area contributed by atoms with Gasteiger partial charge in [-0.25, -0.2) is 0 Å². The predicted molar refractivity (Wildman–Crippen MR) is 54.4 cm³/mol. The average Bonchev–Trinajstić information content (AvgIpc) is 2.18. The van der Waals surface area contributed by atoms with Gasteiger partial charge in [-0.05, 0) is 31.0 Å². The van der Waals surface area contributed by atoms with Crippen molar-refractivity contribution in [2.24, 2.45) is 5.73 Å². The normalized spacial score (nSPS) is 14.4. The molecular weight excluding hydrogens is 176 g/mol. The van der Waals surface area contributed by atoms with Gasteiger partial charge in [0.15, 0.2) is 0 Å². The summed E-state index contributed by atoms with van der Waals surface area (Å²) in [6, 6.07) is 9.17. The van der Waals surface area contributed by atoms with Gasteiger partial charge in [0.1, 0.15) is 0 Å². The SMILES string of the molecule is CC(N)(CCO)c1ccc(C#N)cc1. The monoisotopic (exact) mass is 190 g/mol. The Morgan fingerprint density at radius 3 is 2.43 bits per heavy atom. The average molecular weight is 190 g/mol. The number of benzene rings is 1. The van der Waals surface area contributed by atoms with Crippen LogP contribution in [0.25, 0.3) is 0 Å². The van der Waals surface area contributed by atoms with E-state index in [1.54, 1.807) is 12.1 Å². The minimum Gasteiger partial charge on any atom is -0.396 e. The van der Waals surface area contributed by atoms with Crippen molar-refractivity contribution in [3.8, 4) is 6.07 Å². The summed E-state index contributed by atoms with van der Waals surface area (Å²) in [6.07, 6.45) is 0.513. The number of nitrogens with zero attached hydrogens (tertiary/aromatic N) is 1. The van der Waals surface area contributed by atoms with E-state index < -0.39 is 5.54 Å². The molecular formula is C11H14N2O. The summed E-state index contributed by atoms with van der Waals surface area (Å²) in [5.74, 6) is 0. The Hall–Kier alpha value is -1.37. The van der Waals surface area contributed by atoms with E-state index in [0.29, 0.717) is 12.0 Å². The van der Waals surface area contributed by atoms with Gasteiger partial charge < -0.3 is 10.8 Å². The Morgan fingerprint density at radius 1 is 1.43 bits per heavy atom. The lowest BCUT2D eigenvalue weighted by molar-refractivity contribution is 0.247. The van der Waals surface area contributed by atoms with Gasteiger partial charge in [0, 0.05) is 12.1 Å². The van der Waals surface area contributed by atoms with Crippen molar-refractivity contribution in [2.45, 2.75) is 18.9 Å². The molecule has 0 amide bonds. The zero-order chi connectivity index (χ0) is 10.6. The van der Waals surface area contributed by atoms with Gasteiger partial charge in [0.05, 0.1) is 11.6 Å². The molecule has 3 nitrogen and oxygen atoms in total. The van der Waals surface area contributed by atoms with Crippen molar-refractivity contribution >= 4 is 0 Å². The first-order valence-electron chi connectivity index (χ1n) is 4.50. The van der Waals surface area contributed by atoms with Gasteiger partial charge in [-0.1, -0.05) is 12.1 Å². The molecule has 74 valence electrons. The number of hydrogen-bond donors (Lipinski definition) is 2. The fourth-order valence-corrected chi connectivity index (χ4v) is 1.30. The lowest BCUT2D eigenvalue weighted by atomic mass is 9.90. The molecule has 0 aromatic heterocycles. The van der Waals surface area contributed by atoms with Crippen LogP contribution in [0.4, 0.5) is 0 Å². The van der Waals surface area contributed by atoms with Crippen molar-refractivity contribution in [3.63, 3.8) is 0 Å². The molecule has 1 rings (SSSR count). The highest BCUT2D eigenvalue weighted by Gasteiger charge is 2.19. The van der Waals surface area contributed by atoms with Gasteiger partial charge in [0.25, 0.3) is 0 Å². The van der Waals surface area contributed by atoms with Crippen LogP contribution in [-0.2, 0) is 5.54 Å². The van der Waals surface area contributed by atoms with Crippen LogP contribution in [-0.4, -0.2) is 11.7 Å². The zero-order valence-electron chi connectivity index (χ0n) is 8.20. The molecule has 1 aromatic rings. The lowest BCUT2D eigenvalue weighted by Crippen LogP contribution is -2.33. The predicted octanol–water partition coefficient (Wildman–Crippen LogP) is 1.11. The summed E-state index contributed by atoms with van der Waals surface area (Å²) in [7, 11) is 0. The van der Waals surface area contributed by atoms with Gasteiger partial charge in [-0.15, -0.1) is 0 Å². The summed E-state index contributed by atoms with van der Waals surface area (Å²) in [4.78, 5) is 0. The van der Waals surface area contributed by atoms with Crippen LogP contribution in [0.5, 0.6) is 0 Å². The summed E-state index contributed by atoms with van der Waals surface area (Å²) >= 11 is 0. The van der Waals surface area contributed by atoms with Crippen LogP contribution in [0.2, 0.25) is 0 Å². The Labute approximate surface area is 83.8 Å². The van der Waals surface area contributed by atoms with Gasteiger partial charge in [-0.2, -0.15) is 5.26 Å². The van der Waals surface area contributed by atoms with E-state index in [1.807, 2.05) is 25.1 Å². The van der Waals surface area contributed by atoms with Crippen LogP contribution in [0, 0.1) is 11.3 Å². The van der Waals surface area contributed by atoms with E-state index in [0.717, 1.165) is 5.56 Å². The van der Waals surface area contributed by atoms with Crippen molar-refractivity contribution in [2.75, 3.05) is 6.61 Å².